The zero-order chi connectivity index (χ0) is 13.5. The van der Waals surface area contributed by atoms with Crippen LogP contribution in [-0.4, -0.2) is 30.5 Å². The van der Waals surface area contributed by atoms with Gasteiger partial charge in [-0.2, -0.15) is 0 Å². The molecule has 1 aromatic carbocycles. The Bertz CT molecular complexity index is 501. The Balaban J connectivity index is 1.85. The van der Waals surface area contributed by atoms with Crippen molar-refractivity contribution in [1.29, 1.82) is 0 Å². The maximum absolute atomic E-state index is 5.46. The summed E-state index contributed by atoms with van der Waals surface area (Å²) < 4.78 is 11.6. The van der Waals surface area contributed by atoms with E-state index in [1.165, 1.54) is 3.57 Å². The lowest BCUT2D eigenvalue weighted by Gasteiger charge is -2.01. The van der Waals surface area contributed by atoms with Crippen molar-refractivity contribution in [2.45, 2.75) is 6.54 Å². The number of benzene rings is 1. The SMILES string of the molecule is COCCNCc1nnc(Nc2ccc(I)cc2)o1. The lowest BCUT2D eigenvalue weighted by Crippen LogP contribution is -2.18. The van der Waals surface area contributed by atoms with Gasteiger partial charge in [0.05, 0.1) is 13.2 Å². The predicted molar refractivity (Wildman–Crippen MR) is 80.3 cm³/mol. The van der Waals surface area contributed by atoms with Crippen LogP contribution in [0.1, 0.15) is 5.89 Å². The summed E-state index contributed by atoms with van der Waals surface area (Å²) in [4.78, 5) is 0. The van der Waals surface area contributed by atoms with E-state index in [-0.39, 0.29) is 0 Å². The molecule has 0 atom stereocenters. The molecule has 0 radical (unpaired) electrons. The first-order chi connectivity index (χ1) is 9.28. The molecule has 2 rings (SSSR count). The molecule has 0 spiro atoms. The van der Waals surface area contributed by atoms with Crippen LogP contribution in [0.3, 0.4) is 0 Å². The molecule has 102 valence electrons. The summed E-state index contributed by atoms with van der Waals surface area (Å²) in [6, 6.07) is 8.33. The molecule has 6 nitrogen and oxygen atoms in total. The normalized spacial score (nSPS) is 10.6. The fourth-order valence-electron chi connectivity index (χ4n) is 1.40. The van der Waals surface area contributed by atoms with Crippen molar-refractivity contribution in [3.63, 3.8) is 0 Å². The van der Waals surface area contributed by atoms with Gasteiger partial charge in [-0.25, -0.2) is 0 Å². The molecule has 1 heterocycles. The first-order valence-electron chi connectivity index (χ1n) is 5.82. The maximum atomic E-state index is 5.46. The van der Waals surface area contributed by atoms with Crippen LogP contribution in [0.15, 0.2) is 28.7 Å². The Hall–Kier alpha value is -1.19. The molecule has 0 aliphatic heterocycles. The molecule has 1 aromatic heterocycles. The molecule has 7 heteroatoms. The van der Waals surface area contributed by atoms with Gasteiger partial charge in [-0.1, -0.05) is 5.10 Å². The van der Waals surface area contributed by atoms with Gasteiger partial charge < -0.3 is 19.8 Å². The Labute approximate surface area is 125 Å². The molecule has 2 aromatic rings. The molecular weight excluding hydrogens is 359 g/mol. The second kappa shape index (κ2) is 7.41. The number of hydrogen-bond donors (Lipinski definition) is 2. The standard InChI is InChI=1S/C12H15IN4O2/c1-18-7-6-14-8-11-16-17-12(19-11)15-10-4-2-9(13)3-5-10/h2-5,14H,6-8H2,1H3,(H,15,17). The number of methoxy groups -OCH3 is 1. The van der Waals surface area contributed by atoms with Gasteiger partial charge in [0, 0.05) is 22.9 Å². The number of hydrogen-bond acceptors (Lipinski definition) is 6. The van der Waals surface area contributed by atoms with E-state index in [1.54, 1.807) is 7.11 Å². The smallest absolute Gasteiger partial charge is 0.320 e. The highest BCUT2D eigenvalue weighted by Gasteiger charge is 2.05. The van der Waals surface area contributed by atoms with Crippen LogP contribution >= 0.6 is 22.6 Å². The fraction of sp³-hybridized carbons (Fsp3) is 0.333. The summed E-state index contributed by atoms with van der Waals surface area (Å²) >= 11 is 2.26. The number of halogens is 1. The van der Waals surface area contributed by atoms with Crippen molar-refractivity contribution in [3.8, 4) is 0 Å². The van der Waals surface area contributed by atoms with Crippen molar-refractivity contribution >= 4 is 34.3 Å². The van der Waals surface area contributed by atoms with Crippen molar-refractivity contribution < 1.29 is 9.15 Å². The summed E-state index contributed by atoms with van der Waals surface area (Å²) in [5.74, 6) is 0.545. The van der Waals surface area contributed by atoms with Crippen LogP contribution < -0.4 is 10.6 Å². The average Bonchev–Trinajstić information content (AvgIpc) is 2.85. The lowest BCUT2D eigenvalue weighted by atomic mass is 10.3. The van der Waals surface area contributed by atoms with Crippen LogP contribution in [-0.2, 0) is 11.3 Å². The Morgan fingerprint density at radius 2 is 2.05 bits per heavy atom. The van der Waals surface area contributed by atoms with Crippen molar-refractivity contribution in [3.05, 3.63) is 33.7 Å². The first-order valence-corrected chi connectivity index (χ1v) is 6.90. The van der Waals surface area contributed by atoms with Gasteiger partial charge in [-0.05, 0) is 46.9 Å². The first kappa shape index (κ1) is 14.2. The van der Waals surface area contributed by atoms with Crippen molar-refractivity contribution in [2.75, 3.05) is 25.6 Å². The van der Waals surface area contributed by atoms with E-state index in [0.717, 1.165) is 12.2 Å². The number of nitrogens with one attached hydrogen (secondary N) is 2. The highest BCUT2D eigenvalue weighted by atomic mass is 127. The van der Waals surface area contributed by atoms with Crippen LogP contribution in [0.4, 0.5) is 11.7 Å². The highest BCUT2D eigenvalue weighted by molar-refractivity contribution is 14.1. The molecule has 0 bridgehead atoms. The summed E-state index contributed by atoms with van der Waals surface area (Å²) in [6.45, 7) is 1.94. The van der Waals surface area contributed by atoms with Gasteiger partial charge in [-0.3, -0.25) is 0 Å². The van der Waals surface area contributed by atoms with Crippen molar-refractivity contribution in [2.24, 2.45) is 0 Å². The summed E-state index contributed by atoms with van der Waals surface area (Å²) in [6.07, 6.45) is 0. The minimum Gasteiger partial charge on any atom is -0.406 e. The monoisotopic (exact) mass is 374 g/mol. The van der Waals surface area contributed by atoms with Gasteiger partial charge in [0.25, 0.3) is 0 Å². The molecule has 0 amide bonds. The molecule has 0 fully saturated rings. The number of anilines is 2. The largest absolute Gasteiger partial charge is 0.406 e. The van der Waals surface area contributed by atoms with E-state index >= 15 is 0 Å². The van der Waals surface area contributed by atoms with E-state index < -0.39 is 0 Å². The van der Waals surface area contributed by atoms with Gasteiger partial charge >= 0.3 is 6.01 Å². The van der Waals surface area contributed by atoms with Crippen LogP contribution in [0.5, 0.6) is 0 Å². The third-order valence-electron chi connectivity index (χ3n) is 2.32. The number of ether oxygens (including phenoxy) is 1. The molecule has 0 aliphatic carbocycles. The molecular formula is C12H15IN4O2. The zero-order valence-corrected chi connectivity index (χ0v) is 12.7. The summed E-state index contributed by atoms with van der Waals surface area (Å²) in [5, 5.41) is 14.1. The average molecular weight is 374 g/mol. The van der Waals surface area contributed by atoms with Gasteiger partial charge in [0.2, 0.25) is 5.89 Å². The van der Waals surface area contributed by atoms with E-state index in [1.807, 2.05) is 24.3 Å². The summed E-state index contributed by atoms with van der Waals surface area (Å²) in [5.41, 5.74) is 0.919. The molecule has 0 unspecified atom stereocenters. The van der Waals surface area contributed by atoms with Gasteiger partial charge in [0.15, 0.2) is 0 Å². The van der Waals surface area contributed by atoms with Gasteiger partial charge in [0.1, 0.15) is 0 Å². The predicted octanol–water partition coefficient (Wildman–Crippen LogP) is 2.15. The lowest BCUT2D eigenvalue weighted by molar-refractivity contribution is 0.198. The third-order valence-corrected chi connectivity index (χ3v) is 3.04. The topological polar surface area (TPSA) is 72.2 Å². The maximum Gasteiger partial charge on any atom is 0.320 e. The fourth-order valence-corrected chi connectivity index (χ4v) is 1.76. The Morgan fingerprint density at radius 3 is 2.79 bits per heavy atom. The Kier molecular flexibility index (Phi) is 5.55. The van der Waals surface area contributed by atoms with Crippen molar-refractivity contribution in [1.82, 2.24) is 15.5 Å². The zero-order valence-electron chi connectivity index (χ0n) is 10.5. The van der Waals surface area contributed by atoms with Gasteiger partial charge in [-0.15, -0.1) is 5.10 Å². The molecule has 19 heavy (non-hydrogen) atoms. The third kappa shape index (κ3) is 4.77. The minimum absolute atomic E-state index is 0.393. The number of rotatable bonds is 7. The van der Waals surface area contributed by atoms with E-state index in [9.17, 15) is 0 Å². The second-order valence-corrected chi connectivity index (χ2v) is 5.05. The van der Waals surface area contributed by atoms with Crippen LogP contribution in [0.25, 0.3) is 0 Å². The molecule has 0 saturated heterocycles. The highest BCUT2D eigenvalue weighted by Crippen LogP contribution is 2.16. The van der Waals surface area contributed by atoms with E-state index in [4.69, 9.17) is 9.15 Å². The van der Waals surface area contributed by atoms with Crippen LogP contribution in [0, 0.1) is 3.57 Å². The summed E-state index contributed by atoms with van der Waals surface area (Å²) in [7, 11) is 1.66. The van der Waals surface area contributed by atoms with E-state index in [0.29, 0.717) is 25.1 Å². The molecule has 0 saturated carbocycles. The van der Waals surface area contributed by atoms with Crippen LogP contribution in [0.2, 0.25) is 0 Å². The molecule has 2 N–H and O–H groups in total. The minimum atomic E-state index is 0.393. The Morgan fingerprint density at radius 1 is 1.26 bits per heavy atom. The number of nitrogens with zero attached hydrogens (tertiary/aromatic N) is 2. The quantitative estimate of drug-likeness (QED) is 0.572. The second-order valence-electron chi connectivity index (χ2n) is 3.80. The number of aromatic nitrogens is 2. The van der Waals surface area contributed by atoms with E-state index in [2.05, 4.69) is 43.4 Å². The molecule has 0 aliphatic rings.